The number of nitrogens with zero attached hydrogens (tertiary/aromatic N) is 2. The molecule has 1 aliphatic rings. The van der Waals surface area contributed by atoms with Crippen LogP contribution in [0.1, 0.15) is 39.5 Å². The van der Waals surface area contributed by atoms with Crippen molar-refractivity contribution in [1.29, 1.82) is 0 Å². The third kappa shape index (κ3) is 3.79. The van der Waals surface area contributed by atoms with Crippen molar-refractivity contribution in [1.82, 2.24) is 0 Å². The molecule has 4 nitrogen and oxygen atoms in total. The molecule has 6 heteroatoms. The first-order valence-corrected chi connectivity index (χ1v) is 11.3. The van der Waals surface area contributed by atoms with Gasteiger partial charge in [0.1, 0.15) is 0 Å². The third-order valence-corrected chi connectivity index (χ3v) is 6.44. The molecular formula is C22H28BN3OS. The minimum Gasteiger partial charge on any atom is -0.631 e. The molecule has 0 fully saturated rings. The number of anilines is 1. The van der Waals surface area contributed by atoms with Gasteiger partial charge in [-0.1, -0.05) is 93.8 Å². The fourth-order valence-corrected chi connectivity index (χ4v) is 4.96. The summed E-state index contributed by atoms with van der Waals surface area (Å²) < 4.78 is 8.96. The Hall–Kier alpha value is -2.34. The van der Waals surface area contributed by atoms with Crippen LogP contribution < -0.4 is 9.79 Å². The van der Waals surface area contributed by atoms with Crippen LogP contribution in [-0.4, -0.2) is 12.5 Å². The summed E-state index contributed by atoms with van der Waals surface area (Å²) in [6.45, 7) is 3.34. The highest BCUT2D eigenvalue weighted by atomic mass is 32.1. The number of aromatic nitrogens is 1. The van der Waals surface area contributed by atoms with Gasteiger partial charge in [0, 0.05) is 16.1 Å². The molecule has 1 N–H and O–H groups in total. The van der Waals surface area contributed by atoms with Crippen LogP contribution in [0.2, 0.25) is 12.6 Å². The maximum atomic E-state index is 6.65. The second-order valence-corrected chi connectivity index (χ2v) is 8.56. The van der Waals surface area contributed by atoms with Gasteiger partial charge in [0.05, 0.1) is 6.20 Å². The highest BCUT2D eigenvalue weighted by molar-refractivity contribution is 7.13. The van der Waals surface area contributed by atoms with Crippen molar-refractivity contribution in [3.63, 3.8) is 0 Å². The third-order valence-electron chi connectivity index (χ3n) is 5.67. The summed E-state index contributed by atoms with van der Waals surface area (Å²) in [7, 11) is 0. The molecule has 0 unspecified atom stereocenters. The van der Waals surface area contributed by atoms with E-state index in [1.807, 2.05) is 0 Å². The first kappa shape index (κ1) is 19.0. The highest BCUT2D eigenvalue weighted by Gasteiger charge is 2.42. The molecule has 0 atom stereocenters. The van der Waals surface area contributed by atoms with E-state index in [9.17, 15) is 0 Å². The Morgan fingerprint density at radius 2 is 1.79 bits per heavy atom. The lowest BCUT2D eigenvalue weighted by atomic mass is 9.44. The van der Waals surface area contributed by atoms with Gasteiger partial charge in [-0.25, -0.2) is 0 Å². The first-order valence-electron chi connectivity index (χ1n) is 10.4. The van der Waals surface area contributed by atoms with Gasteiger partial charge in [0.25, 0.3) is 0 Å². The van der Waals surface area contributed by atoms with Crippen molar-refractivity contribution in [2.45, 2.75) is 52.2 Å². The van der Waals surface area contributed by atoms with Gasteiger partial charge in [-0.05, 0) is 22.9 Å². The van der Waals surface area contributed by atoms with Crippen molar-refractivity contribution in [3.05, 3.63) is 54.0 Å². The maximum absolute atomic E-state index is 6.65. The summed E-state index contributed by atoms with van der Waals surface area (Å²) in [5, 5.41) is 9.05. The number of hydrogen-bond acceptors (Lipinski definition) is 4. The molecule has 0 saturated carbocycles. The molecule has 0 spiro atoms. The second-order valence-electron chi connectivity index (χ2n) is 7.69. The van der Waals surface area contributed by atoms with Crippen LogP contribution in [0.4, 0.5) is 10.8 Å². The summed E-state index contributed by atoms with van der Waals surface area (Å²) in [5.74, 6) is 0. The lowest BCUT2D eigenvalue weighted by Gasteiger charge is -2.39. The van der Waals surface area contributed by atoms with Crippen molar-refractivity contribution in [3.8, 4) is 0 Å². The average Bonchev–Trinajstić information content (AvgIpc) is 3.20. The molecule has 1 aromatic heterocycles. The van der Waals surface area contributed by atoms with Crippen LogP contribution in [0.5, 0.6) is 0 Å². The van der Waals surface area contributed by atoms with Crippen LogP contribution in [0.25, 0.3) is 10.8 Å². The van der Waals surface area contributed by atoms with Crippen LogP contribution in [0.15, 0.2) is 59.0 Å². The van der Waals surface area contributed by atoms with Gasteiger partial charge in [-0.15, -0.1) is 0 Å². The van der Waals surface area contributed by atoms with Crippen molar-refractivity contribution in [2.24, 2.45) is 4.99 Å². The number of fused-ring (bicyclic) bond motifs is 2. The Labute approximate surface area is 171 Å². The summed E-state index contributed by atoms with van der Waals surface area (Å²) in [5.41, 5.74) is 1.01. The van der Waals surface area contributed by atoms with Gasteiger partial charge in [0.15, 0.2) is 0 Å². The molecule has 0 aliphatic carbocycles. The van der Waals surface area contributed by atoms with E-state index in [0.717, 1.165) is 36.3 Å². The van der Waals surface area contributed by atoms with Crippen LogP contribution in [0, 0.1) is 0 Å². The minimum atomic E-state index is -1.15. The maximum Gasteiger partial charge on any atom is 0.369 e. The van der Waals surface area contributed by atoms with Gasteiger partial charge in [-0.2, -0.15) is 0 Å². The number of amidine groups is 1. The Bertz CT molecular complexity index is 977. The fraction of sp³-hybridized carbons (Fsp3) is 0.364. The number of hydrogen-bond donors (Lipinski definition) is 1. The molecule has 146 valence electrons. The number of unbranched alkanes of at least 4 members (excludes halogenated alkanes) is 2. The van der Waals surface area contributed by atoms with E-state index >= 15 is 0 Å². The first-order chi connectivity index (χ1) is 13.7. The largest absolute Gasteiger partial charge is 0.631 e. The number of rotatable bonds is 7. The second kappa shape index (κ2) is 8.35. The van der Waals surface area contributed by atoms with E-state index in [1.54, 1.807) is 11.3 Å². The predicted octanol–water partition coefficient (Wildman–Crippen LogP) is 6.21. The number of thiazole rings is 1. The number of benzene rings is 2. The van der Waals surface area contributed by atoms with Gasteiger partial charge >= 0.3 is 17.6 Å². The lowest BCUT2D eigenvalue weighted by molar-refractivity contribution is -0.543. The molecule has 28 heavy (non-hydrogen) atoms. The van der Waals surface area contributed by atoms with Crippen LogP contribution >= 0.6 is 11.3 Å². The summed E-state index contributed by atoms with van der Waals surface area (Å²) in [6.07, 6.45) is 8.94. The van der Waals surface area contributed by atoms with E-state index in [1.165, 1.54) is 23.6 Å². The topological polar surface area (TPSA) is 37.5 Å². The van der Waals surface area contributed by atoms with E-state index in [0.29, 0.717) is 6.02 Å². The summed E-state index contributed by atoms with van der Waals surface area (Å²) >= 11 is 1.68. The van der Waals surface area contributed by atoms with E-state index in [4.69, 9.17) is 9.65 Å². The van der Waals surface area contributed by atoms with E-state index in [2.05, 4.69) is 77.7 Å². The zero-order chi connectivity index (χ0) is 19.4. The Morgan fingerprint density at radius 1 is 1.04 bits per heavy atom. The fourth-order valence-electron chi connectivity index (χ4n) is 4.14. The molecule has 0 saturated heterocycles. The van der Waals surface area contributed by atoms with Crippen LogP contribution in [0.3, 0.4) is 0 Å². The minimum absolute atomic E-state index is 0.630. The summed E-state index contributed by atoms with van der Waals surface area (Å²) in [6, 6.07) is 15.4. The van der Waals surface area contributed by atoms with E-state index < -0.39 is 6.48 Å². The molecular weight excluding hydrogens is 365 g/mol. The number of aliphatic imine (C=N–C) groups is 1. The molecule has 0 radical (unpaired) electrons. The molecule has 2 aromatic carbocycles. The standard InChI is InChI=1S/C22H28BN3OS/c1-3-5-13-23(14-6-4-2)26-15-16-28-22(26)25-21(27-23)24-20-12-11-18-9-7-8-10-19(18)17-20/h7-12,15-17H,3-6,13-14H2,1-2H3,(H,24,25). The van der Waals surface area contributed by atoms with Crippen LogP contribution in [-0.2, 0) is 4.65 Å². The Kier molecular flexibility index (Phi) is 5.67. The van der Waals surface area contributed by atoms with Gasteiger partial charge in [0.2, 0.25) is 0 Å². The van der Waals surface area contributed by atoms with Crippen molar-refractivity contribution < 1.29 is 9.13 Å². The quantitative estimate of drug-likeness (QED) is 0.485. The number of nitrogens with one attached hydrogen (secondary N) is 1. The zero-order valence-electron chi connectivity index (χ0n) is 16.7. The lowest BCUT2D eigenvalue weighted by Crippen LogP contribution is -2.68. The SMILES string of the molecule is CCCC[B-]1(CCCC)OC(Nc2ccc3ccccc3c2)=Nc2scc[n+]21. The highest BCUT2D eigenvalue weighted by Crippen LogP contribution is 2.30. The molecule has 4 rings (SSSR count). The molecule has 1 aliphatic heterocycles. The van der Waals surface area contributed by atoms with Gasteiger partial charge < -0.3 is 9.13 Å². The Morgan fingerprint density at radius 3 is 2.54 bits per heavy atom. The summed E-state index contributed by atoms with van der Waals surface area (Å²) in [4.78, 5) is 4.77. The normalized spacial score (nSPS) is 15.0. The molecule has 2 heterocycles. The predicted molar refractivity (Wildman–Crippen MR) is 121 cm³/mol. The van der Waals surface area contributed by atoms with Crippen molar-refractivity contribution >= 4 is 45.4 Å². The molecule has 0 bridgehead atoms. The monoisotopic (exact) mass is 393 g/mol. The smallest absolute Gasteiger partial charge is 0.369 e. The van der Waals surface area contributed by atoms with Gasteiger partial charge in [-0.3, -0.25) is 5.32 Å². The zero-order valence-corrected chi connectivity index (χ0v) is 17.5. The Balaban J connectivity index is 1.65. The molecule has 3 aromatic rings. The molecule has 0 amide bonds. The van der Waals surface area contributed by atoms with E-state index in [-0.39, 0.29) is 0 Å². The van der Waals surface area contributed by atoms with Crippen molar-refractivity contribution in [2.75, 3.05) is 5.32 Å². The average molecular weight is 393 g/mol.